The number of benzene rings is 2. The average Bonchev–Trinajstić information content (AvgIpc) is 3.40. The second-order valence-corrected chi connectivity index (χ2v) is 8.31. The van der Waals surface area contributed by atoms with Gasteiger partial charge >= 0.3 is 0 Å². The molecule has 0 aliphatic heterocycles. The smallest absolute Gasteiger partial charge is 0.268 e. The first-order chi connectivity index (χ1) is 16.5. The molecule has 0 saturated carbocycles. The van der Waals surface area contributed by atoms with Gasteiger partial charge in [0.15, 0.2) is 0 Å². The summed E-state index contributed by atoms with van der Waals surface area (Å²) in [5.41, 5.74) is 2.58. The summed E-state index contributed by atoms with van der Waals surface area (Å²) in [5, 5.41) is 14.0. The second kappa shape index (κ2) is 9.98. The predicted octanol–water partition coefficient (Wildman–Crippen LogP) is 5.64. The SMILES string of the molecule is Cc1cc(Oc2ncccc2C#N)ccc1NC(=O)c1ccccc1N(C)C(=O)c1cccs1. The maximum Gasteiger partial charge on any atom is 0.268 e. The lowest BCUT2D eigenvalue weighted by molar-refractivity contribution is 0.0996. The van der Waals surface area contributed by atoms with Gasteiger partial charge in [-0.1, -0.05) is 18.2 Å². The summed E-state index contributed by atoms with van der Waals surface area (Å²) in [6, 6.07) is 21.0. The Morgan fingerprint density at radius 1 is 1.09 bits per heavy atom. The molecule has 1 N–H and O–H groups in total. The molecule has 2 amide bonds. The highest BCUT2D eigenvalue weighted by Gasteiger charge is 2.20. The van der Waals surface area contributed by atoms with Crippen molar-refractivity contribution in [3.63, 3.8) is 0 Å². The average molecular weight is 469 g/mol. The Morgan fingerprint density at radius 3 is 2.65 bits per heavy atom. The zero-order chi connectivity index (χ0) is 24.1. The Hall–Kier alpha value is -4.48. The first-order valence-corrected chi connectivity index (χ1v) is 11.2. The number of aromatic nitrogens is 1. The summed E-state index contributed by atoms with van der Waals surface area (Å²) in [4.78, 5) is 32.1. The molecule has 0 bridgehead atoms. The molecule has 7 nitrogen and oxygen atoms in total. The zero-order valence-corrected chi connectivity index (χ0v) is 19.3. The van der Waals surface area contributed by atoms with Gasteiger partial charge in [0.2, 0.25) is 5.88 Å². The Labute approximate surface area is 200 Å². The van der Waals surface area contributed by atoms with Gasteiger partial charge in [0.1, 0.15) is 17.4 Å². The summed E-state index contributed by atoms with van der Waals surface area (Å²) in [7, 11) is 1.65. The first-order valence-electron chi connectivity index (χ1n) is 10.3. The molecule has 34 heavy (non-hydrogen) atoms. The largest absolute Gasteiger partial charge is 0.438 e. The van der Waals surface area contributed by atoms with E-state index in [2.05, 4.69) is 10.3 Å². The van der Waals surface area contributed by atoms with E-state index in [-0.39, 0.29) is 17.7 Å². The van der Waals surface area contributed by atoms with Crippen molar-refractivity contribution in [1.29, 1.82) is 5.26 Å². The molecule has 0 saturated heterocycles. The molecule has 0 fully saturated rings. The molecule has 2 aromatic heterocycles. The third-order valence-electron chi connectivity index (χ3n) is 5.10. The van der Waals surface area contributed by atoms with Crippen LogP contribution in [0.4, 0.5) is 11.4 Å². The summed E-state index contributed by atoms with van der Waals surface area (Å²) in [6.45, 7) is 1.84. The summed E-state index contributed by atoms with van der Waals surface area (Å²) in [5.74, 6) is 0.190. The van der Waals surface area contributed by atoms with Crippen LogP contribution in [0, 0.1) is 18.3 Å². The van der Waals surface area contributed by atoms with Crippen molar-refractivity contribution < 1.29 is 14.3 Å². The van der Waals surface area contributed by atoms with E-state index in [1.165, 1.54) is 16.2 Å². The molecule has 4 rings (SSSR count). The number of carbonyl (C=O) groups is 2. The molecule has 0 unspecified atom stereocenters. The number of carbonyl (C=O) groups excluding carboxylic acids is 2. The minimum atomic E-state index is -0.338. The third-order valence-corrected chi connectivity index (χ3v) is 5.96. The van der Waals surface area contributed by atoms with Gasteiger partial charge in [-0.3, -0.25) is 9.59 Å². The van der Waals surface area contributed by atoms with E-state index < -0.39 is 0 Å². The van der Waals surface area contributed by atoms with Gasteiger partial charge in [0.25, 0.3) is 11.8 Å². The summed E-state index contributed by atoms with van der Waals surface area (Å²) >= 11 is 1.35. The van der Waals surface area contributed by atoms with Crippen molar-refractivity contribution in [2.45, 2.75) is 6.92 Å². The number of anilines is 2. The molecule has 168 valence electrons. The number of nitrogens with one attached hydrogen (secondary N) is 1. The fourth-order valence-corrected chi connectivity index (χ4v) is 4.03. The van der Waals surface area contributed by atoms with E-state index in [1.807, 2.05) is 24.4 Å². The molecule has 0 aliphatic rings. The second-order valence-electron chi connectivity index (χ2n) is 7.36. The maximum absolute atomic E-state index is 13.1. The van der Waals surface area contributed by atoms with Gasteiger partial charge in [-0.05, 0) is 66.4 Å². The van der Waals surface area contributed by atoms with Crippen LogP contribution < -0.4 is 15.0 Å². The number of thiophene rings is 1. The summed E-state index contributed by atoms with van der Waals surface area (Å²) in [6.07, 6.45) is 1.55. The van der Waals surface area contributed by atoms with Gasteiger partial charge in [0, 0.05) is 18.9 Å². The number of rotatable bonds is 6. The predicted molar refractivity (Wildman–Crippen MR) is 132 cm³/mol. The topological polar surface area (TPSA) is 95.3 Å². The molecule has 2 heterocycles. The lowest BCUT2D eigenvalue weighted by atomic mass is 10.1. The number of nitriles is 1. The van der Waals surface area contributed by atoms with Crippen LogP contribution in [0.5, 0.6) is 11.6 Å². The van der Waals surface area contributed by atoms with Crippen LogP contribution in [0.1, 0.15) is 31.2 Å². The Balaban J connectivity index is 1.53. The van der Waals surface area contributed by atoms with Crippen molar-refractivity contribution in [3.8, 4) is 17.7 Å². The molecule has 0 aliphatic carbocycles. The van der Waals surface area contributed by atoms with E-state index in [0.717, 1.165) is 5.56 Å². The monoisotopic (exact) mass is 468 g/mol. The highest BCUT2D eigenvalue weighted by molar-refractivity contribution is 7.12. The summed E-state index contributed by atoms with van der Waals surface area (Å²) < 4.78 is 5.75. The van der Waals surface area contributed by atoms with Crippen molar-refractivity contribution >= 4 is 34.5 Å². The van der Waals surface area contributed by atoms with Crippen LogP contribution in [0.25, 0.3) is 0 Å². The quantitative estimate of drug-likeness (QED) is 0.395. The molecule has 2 aromatic carbocycles. The minimum absolute atomic E-state index is 0.181. The number of aryl methyl sites for hydroxylation is 1. The molecule has 0 radical (unpaired) electrons. The van der Waals surface area contributed by atoms with Gasteiger partial charge < -0.3 is 15.0 Å². The lowest BCUT2D eigenvalue weighted by Gasteiger charge is -2.20. The van der Waals surface area contributed by atoms with Crippen molar-refractivity contribution in [1.82, 2.24) is 4.98 Å². The number of pyridine rings is 1. The van der Waals surface area contributed by atoms with E-state index in [0.29, 0.717) is 33.1 Å². The molecule has 0 atom stereocenters. The Bertz CT molecular complexity index is 1390. The zero-order valence-electron chi connectivity index (χ0n) is 18.5. The van der Waals surface area contributed by atoms with E-state index >= 15 is 0 Å². The van der Waals surface area contributed by atoms with Crippen LogP contribution in [-0.4, -0.2) is 23.8 Å². The van der Waals surface area contributed by atoms with E-state index in [1.54, 1.807) is 73.9 Å². The highest BCUT2D eigenvalue weighted by Crippen LogP contribution is 2.28. The number of para-hydroxylation sites is 1. The molecular formula is C26H20N4O3S. The van der Waals surface area contributed by atoms with Gasteiger partial charge in [0.05, 0.1) is 16.1 Å². The maximum atomic E-state index is 13.1. The van der Waals surface area contributed by atoms with Gasteiger partial charge in [-0.15, -0.1) is 11.3 Å². The van der Waals surface area contributed by atoms with Crippen LogP contribution in [-0.2, 0) is 0 Å². The van der Waals surface area contributed by atoms with Gasteiger partial charge in [-0.2, -0.15) is 5.26 Å². The standard InChI is InChI=1S/C26H20N4O3S/c1-17-15-19(33-25-18(16-27)7-5-13-28-25)11-12-21(17)29-24(31)20-8-3-4-9-22(20)30(2)26(32)23-10-6-14-34-23/h3-15H,1-2H3,(H,29,31). The van der Waals surface area contributed by atoms with Gasteiger partial charge in [-0.25, -0.2) is 4.98 Å². The molecule has 0 spiro atoms. The number of hydrogen-bond acceptors (Lipinski definition) is 6. The lowest BCUT2D eigenvalue weighted by Crippen LogP contribution is -2.28. The van der Waals surface area contributed by atoms with Crippen molar-refractivity contribution in [2.75, 3.05) is 17.3 Å². The van der Waals surface area contributed by atoms with Crippen molar-refractivity contribution in [2.24, 2.45) is 0 Å². The number of amides is 2. The molecule has 4 aromatic rings. The third kappa shape index (κ3) is 4.80. The normalized spacial score (nSPS) is 10.3. The van der Waals surface area contributed by atoms with Crippen LogP contribution in [0.2, 0.25) is 0 Å². The van der Waals surface area contributed by atoms with E-state index in [9.17, 15) is 14.9 Å². The Kier molecular flexibility index (Phi) is 6.67. The van der Waals surface area contributed by atoms with Crippen molar-refractivity contribution in [3.05, 3.63) is 99.9 Å². The molecule has 8 heteroatoms. The minimum Gasteiger partial charge on any atom is -0.438 e. The van der Waals surface area contributed by atoms with Crippen LogP contribution >= 0.6 is 11.3 Å². The van der Waals surface area contributed by atoms with Crippen LogP contribution in [0.15, 0.2) is 78.3 Å². The Morgan fingerprint density at radius 2 is 1.91 bits per heavy atom. The fourth-order valence-electron chi connectivity index (χ4n) is 3.33. The number of ether oxygens (including phenoxy) is 1. The van der Waals surface area contributed by atoms with Crippen LogP contribution in [0.3, 0.4) is 0 Å². The molecular weight excluding hydrogens is 448 g/mol. The van der Waals surface area contributed by atoms with E-state index in [4.69, 9.17) is 4.74 Å². The first kappa shape index (κ1) is 22.7. The number of hydrogen-bond donors (Lipinski definition) is 1. The number of nitrogens with zero attached hydrogens (tertiary/aromatic N) is 3. The fraction of sp³-hybridized carbons (Fsp3) is 0.0769. The highest BCUT2D eigenvalue weighted by atomic mass is 32.1.